The number of ether oxygens (including phenoxy) is 2. The maximum absolute atomic E-state index is 9.77. The lowest BCUT2D eigenvalue weighted by Crippen LogP contribution is -2.33. The first-order valence-corrected chi connectivity index (χ1v) is 7.47. The quantitative estimate of drug-likeness (QED) is 0.478. The fraction of sp³-hybridized carbons (Fsp3) is 0.467. The van der Waals surface area contributed by atoms with Gasteiger partial charge in [0.2, 0.25) is 0 Å². The van der Waals surface area contributed by atoms with Crippen molar-refractivity contribution in [1.82, 2.24) is 5.32 Å². The molecule has 0 heterocycles. The highest BCUT2D eigenvalue weighted by Crippen LogP contribution is 2.17. The molecule has 0 aliphatic heterocycles. The Kier molecular flexibility index (Phi) is 9.32. The Morgan fingerprint density at radius 3 is 3.00 bits per heavy atom. The largest absolute Gasteiger partial charge is 0.491 e. The van der Waals surface area contributed by atoms with Crippen LogP contribution in [0, 0.1) is 0 Å². The zero-order valence-corrected chi connectivity index (χ0v) is 13.1. The van der Waals surface area contributed by atoms with E-state index in [4.69, 9.17) is 9.47 Å². The van der Waals surface area contributed by atoms with Crippen LogP contribution in [0.2, 0.25) is 0 Å². The summed E-state index contributed by atoms with van der Waals surface area (Å²) in [5.74, 6) is 0.742. The molecule has 0 spiro atoms. The molecule has 2 N–H and O–H groups in total. The lowest BCUT2D eigenvalue weighted by atomic mass is 10.3. The van der Waals surface area contributed by atoms with Crippen LogP contribution in [0.1, 0.15) is 6.42 Å². The van der Waals surface area contributed by atoms with Crippen LogP contribution in [0.15, 0.2) is 41.4 Å². The van der Waals surface area contributed by atoms with Crippen LogP contribution in [-0.4, -0.2) is 44.1 Å². The summed E-state index contributed by atoms with van der Waals surface area (Å²) in [7, 11) is 0. The Balaban J connectivity index is 2.03. The molecule has 1 aromatic carbocycles. The van der Waals surface area contributed by atoms with Crippen LogP contribution >= 0.6 is 15.9 Å². The van der Waals surface area contributed by atoms with Gasteiger partial charge in [-0.25, -0.2) is 0 Å². The smallest absolute Gasteiger partial charge is 0.120 e. The third-order valence-corrected chi connectivity index (χ3v) is 3.00. The first-order valence-electron chi connectivity index (χ1n) is 6.68. The second-order valence-corrected chi connectivity index (χ2v) is 5.23. The Morgan fingerprint density at radius 2 is 2.25 bits per heavy atom. The summed E-state index contributed by atoms with van der Waals surface area (Å²) in [6.45, 7) is 6.41. The average Bonchev–Trinajstić information content (AvgIpc) is 2.44. The van der Waals surface area contributed by atoms with E-state index in [2.05, 4.69) is 27.8 Å². The maximum atomic E-state index is 9.77. The molecule has 1 atom stereocenters. The number of hydrogen-bond donors (Lipinski definition) is 2. The third kappa shape index (κ3) is 8.32. The van der Waals surface area contributed by atoms with Crippen molar-refractivity contribution in [2.75, 3.05) is 32.9 Å². The zero-order chi connectivity index (χ0) is 14.6. The molecule has 0 saturated carbocycles. The van der Waals surface area contributed by atoms with E-state index in [9.17, 15) is 5.11 Å². The molecule has 5 heteroatoms. The number of nitrogens with one attached hydrogen (secondary N) is 1. The van der Waals surface area contributed by atoms with E-state index in [1.54, 1.807) is 0 Å². The minimum Gasteiger partial charge on any atom is -0.491 e. The van der Waals surface area contributed by atoms with Gasteiger partial charge in [0.05, 0.1) is 13.2 Å². The van der Waals surface area contributed by atoms with Gasteiger partial charge in [0.25, 0.3) is 0 Å². The summed E-state index contributed by atoms with van der Waals surface area (Å²) in [6.07, 6.45) is 2.15. The van der Waals surface area contributed by atoms with E-state index in [1.165, 1.54) is 0 Å². The molecular formula is C15H22BrNO3. The number of rotatable bonds is 11. The monoisotopic (exact) mass is 343 g/mol. The highest BCUT2D eigenvalue weighted by atomic mass is 79.9. The van der Waals surface area contributed by atoms with Crippen LogP contribution in [0.25, 0.3) is 0 Å². The van der Waals surface area contributed by atoms with Crippen molar-refractivity contribution < 1.29 is 14.6 Å². The number of halogens is 1. The summed E-state index contributed by atoms with van der Waals surface area (Å²) < 4.78 is 11.8. The molecule has 0 radical (unpaired) electrons. The lowest BCUT2D eigenvalue weighted by molar-refractivity contribution is 0.0993. The number of benzene rings is 1. The van der Waals surface area contributed by atoms with Gasteiger partial charge in [0.15, 0.2) is 0 Å². The molecule has 112 valence electrons. The second kappa shape index (κ2) is 10.9. The van der Waals surface area contributed by atoms with Crippen molar-refractivity contribution in [3.8, 4) is 5.75 Å². The number of aliphatic hydroxyl groups is 1. The molecule has 0 amide bonds. The molecule has 0 fully saturated rings. The van der Waals surface area contributed by atoms with Crippen LogP contribution in [-0.2, 0) is 4.74 Å². The summed E-state index contributed by atoms with van der Waals surface area (Å²) in [6, 6.07) is 7.55. The maximum Gasteiger partial charge on any atom is 0.120 e. The van der Waals surface area contributed by atoms with Crippen molar-refractivity contribution >= 4 is 15.9 Å². The molecule has 0 bridgehead atoms. The fourth-order valence-corrected chi connectivity index (χ4v) is 1.87. The minimum absolute atomic E-state index is 0.265. The van der Waals surface area contributed by atoms with E-state index in [0.717, 1.165) is 16.6 Å². The normalized spacial score (nSPS) is 12.1. The Hall–Kier alpha value is -0.880. The van der Waals surface area contributed by atoms with Crippen LogP contribution < -0.4 is 10.1 Å². The van der Waals surface area contributed by atoms with Gasteiger partial charge in [0, 0.05) is 17.6 Å². The van der Waals surface area contributed by atoms with E-state index >= 15 is 0 Å². The molecule has 1 unspecified atom stereocenters. The molecule has 1 aromatic rings. The lowest BCUT2D eigenvalue weighted by Gasteiger charge is -2.13. The summed E-state index contributed by atoms with van der Waals surface area (Å²) in [4.78, 5) is 0. The van der Waals surface area contributed by atoms with Gasteiger partial charge < -0.3 is 19.9 Å². The van der Waals surface area contributed by atoms with Gasteiger partial charge in [-0.05, 0) is 24.6 Å². The molecular weight excluding hydrogens is 322 g/mol. The predicted octanol–water partition coefficient (Wildman–Crippen LogP) is 2.37. The van der Waals surface area contributed by atoms with Crippen molar-refractivity contribution in [1.29, 1.82) is 0 Å². The van der Waals surface area contributed by atoms with E-state index in [-0.39, 0.29) is 6.61 Å². The molecule has 0 aliphatic rings. The summed E-state index contributed by atoms with van der Waals surface area (Å²) in [5, 5.41) is 12.9. The van der Waals surface area contributed by atoms with Crippen LogP contribution in [0.5, 0.6) is 5.75 Å². The second-order valence-electron chi connectivity index (χ2n) is 4.32. The van der Waals surface area contributed by atoms with Crippen molar-refractivity contribution in [2.24, 2.45) is 0 Å². The van der Waals surface area contributed by atoms with Crippen molar-refractivity contribution in [3.05, 3.63) is 41.4 Å². The van der Waals surface area contributed by atoms with E-state index in [1.807, 2.05) is 30.3 Å². The number of hydrogen-bond acceptors (Lipinski definition) is 4. The third-order valence-electron chi connectivity index (χ3n) is 2.51. The molecule has 0 aromatic heterocycles. The molecule has 1 rings (SSSR count). The van der Waals surface area contributed by atoms with Gasteiger partial charge in [-0.15, -0.1) is 6.58 Å². The van der Waals surface area contributed by atoms with Gasteiger partial charge in [0.1, 0.15) is 18.5 Å². The first kappa shape index (κ1) is 17.2. The highest BCUT2D eigenvalue weighted by molar-refractivity contribution is 9.10. The van der Waals surface area contributed by atoms with E-state index < -0.39 is 6.10 Å². The topological polar surface area (TPSA) is 50.7 Å². The standard InChI is InChI=1S/C15H22BrNO3/c1-2-3-8-19-9-7-17-11-14(18)12-20-15-6-4-5-13(16)10-15/h2,4-6,10,14,17-18H,1,3,7-9,11-12H2. The van der Waals surface area contributed by atoms with Crippen LogP contribution in [0.4, 0.5) is 0 Å². The SMILES string of the molecule is C=CCCOCCNCC(O)COc1cccc(Br)c1. The molecule has 4 nitrogen and oxygen atoms in total. The van der Waals surface area contributed by atoms with Gasteiger partial charge in [-0.3, -0.25) is 0 Å². The summed E-state index contributed by atoms with van der Waals surface area (Å²) in [5.41, 5.74) is 0. The Labute approximate surface area is 128 Å². The molecule has 20 heavy (non-hydrogen) atoms. The fourth-order valence-electron chi connectivity index (χ4n) is 1.49. The molecule has 0 aliphatic carbocycles. The van der Waals surface area contributed by atoms with Gasteiger partial charge in [-0.1, -0.05) is 28.1 Å². The average molecular weight is 344 g/mol. The highest BCUT2D eigenvalue weighted by Gasteiger charge is 2.04. The Bertz CT molecular complexity index is 387. The molecule has 0 saturated heterocycles. The van der Waals surface area contributed by atoms with Crippen molar-refractivity contribution in [3.63, 3.8) is 0 Å². The summed E-state index contributed by atoms with van der Waals surface area (Å²) >= 11 is 3.37. The predicted molar refractivity (Wildman–Crippen MR) is 84.1 cm³/mol. The first-order chi connectivity index (χ1) is 9.72. The van der Waals surface area contributed by atoms with Gasteiger partial charge >= 0.3 is 0 Å². The zero-order valence-electron chi connectivity index (χ0n) is 11.6. The Morgan fingerprint density at radius 1 is 1.40 bits per heavy atom. The van der Waals surface area contributed by atoms with Crippen LogP contribution in [0.3, 0.4) is 0 Å². The number of aliphatic hydroxyl groups excluding tert-OH is 1. The minimum atomic E-state index is -0.540. The van der Waals surface area contributed by atoms with E-state index in [0.29, 0.717) is 26.3 Å². The van der Waals surface area contributed by atoms with Gasteiger partial charge in [-0.2, -0.15) is 0 Å². The van der Waals surface area contributed by atoms with Crippen molar-refractivity contribution in [2.45, 2.75) is 12.5 Å².